The Morgan fingerprint density at radius 2 is 1.85 bits per heavy atom. The average Bonchev–Trinajstić information content (AvgIpc) is 3.06. The molecule has 0 unspecified atom stereocenters. The Hall–Kier alpha value is -2.64. The van der Waals surface area contributed by atoms with Crippen molar-refractivity contribution in [3.63, 3.8) is 0 Å². The summed E-state index contributed by atoms with van der Waals surface area (Å²) in [4.78, 5) is 23.2. The molecule has 2 aromatic carbocycles. The predicted octanol–water partition coefficient (Wildman–Crippen LogP) is 3.97. The SMILES string of the molecule is O=C(O)c1ccc(COCCNC(=O)c2oc3ccccc3c2CBr)cc1. The van der Waals surface area contributed by atoms with Crippen molar-refractivity contribution in [3.05, 3.63) is 71.0 Å². The normalized spacial score (nSPS) is 10.9. The smallest absolute Gasteiger partial charge is 0.335 e. The standard InChI is InChI=1S/C20H18BrNO5/c21-11-16-15-3-1-2-4-17(15)27-18(16)19(23)22-9-10-26-12-13-5-7-14(8-6-13)20(24)25/h1-8H,9-12H2,(H,22,23)(H,24,25). The van der Waals surface area contributed by atoms with E-state index < -0.39 is 5.97 Å². The quantitative estimate of drug-likeness (QED) is 0.416. The van der Waals surface area contributed by atoms with Gasteiger partial charge in [0.2, 0.25) is 0 Å². The highest BCUT2D eigenvalue weighted by Gasteiger charge is 2.19. The first kappa shape index (κ1) is 19.1. The molecule has 0 fully saturated rings. The highest BCUT2D eigenvalue weighted by molar-refractivity contribution is 9.08. The molecule has 3 rings (SSSR count). The van der Waals surface area contributed by atoms with Crippen LogP contribution in [0.25, 0.3) is 11.0 Å². The van der Waals surface area contributed by atoms with E-state index in [0.29, 0.717) is 36.4 Å². The third-order valence-corrected chi connectivity index (χ3v) is 4.60. The molecule has 0 spiro atoms. The lowest BCUT2D eigenvalue weighted by molar-refractivity contribution is 0.0696. The van der Waals surface area contributed by atoms with Crippen molar-refractivity contribution in [2.45, 2.75) is 11.9 Å². The topological polar surface area (TPSA) is 88.8 Å². The number of furan rings is 1. The maximum Gasteiger partial charge on any atom is 0.335 e. The number of alkyl halides is 1. The number of rotatable bonds is 8. The summed E-state index contributed by atoms with van der Waals surface area (Å²) in [5.41, 5.74) is 2.60. The molecule has 27 heavy (non-hydrogen) atoms. The van der Waals surface area contributed by atoms with E-state index in [2.05, 4.69) is 21.2 Å². The molecule has 0 radical (unpaired) electrons. The molecule has 1 heterocycles. The molecule has 0 aliphatic heterocycles. The molecular weight excluding hydrogens is 414 g/mol. The largest absolute Gasteiger partial charge is 0.478 e. The van der Waals surface area contributed by atoms with Crippen LogP contribution in [0.15, 0.2) is 52.9 Å². The Kier molecular flexibility index (Phi) is 6.26. The molecule has 0 aliphatic carbocycles. The van der Waals surface area contributed by atoms with Gasteiger partial charge in [0.05, 0.1) is 18.8 Å². The van der Waals surface area contributed by atoms with Crippen molar-refractivity contribution >= 4 is 38.8 Å². The van der Waals surface area contributed by atoms with Gasteiger partial charge >= 0.3 is 5.97 Å². The van der Waals surface area contributed by atoms with Crippen molar-refractivity contribution in [1.29, 1.82) is 0 Å². The number of amides is 1. The summed E-state index contributed by atoms with van der Waals surface area (Å²) in [5.74, 6) is -0.939. The molecule has 7 heteroatoms. The monoisotopic (exact) mass is 431 g/mol. The molecule has 0 saturated carbocycles. The zero-order chi connectivity index (χ0) is 19.2. The van der Waals surface area contributed by atoms with E-state index in [-0.39, 0.29) is 11.5 Å². The van der Waals surface area contributed by atoms with Crippen molar-refractivity contribution < 1.29 is 23.8 Å². The maximum absolute atomic E-state index is 12.4. The lowest BCUT2D eigenvalue weighted by Crippen LogP contribution is -2.27. The van der Waals surface area contributed by atoms with Gasteiger partial charge in [-0.1, -0.05) is 46.3 Å². The highest BCUT2D eigenvalue weighted by Crippen LogP contribution is 2.27. The minimum atomic E-state index is -0.960. The van der Waals surface area contributed by atoms with Crippen LogP contribution >= 0.6 is 15.9 Å². The average molecular weight is 432 g/mol. The Morgan fingerprint density at radius 1 is 1.11 bits per heavy atom. The third-order valence-electron chi connectivity index (χ3n) is 4.04. The summed E-state index contributed by atoms with van der Waals surface area (Å²) in [5, 5.41) is 13.1. The van der Waals surface area contributed by atoms with E-state index in [1.165, 1.54) is 12.1 Å². The Morgan fingerprint density at radius 3 is 2.56 bits per heavy atom. The summed E-state index contributed by atoms with van der Waals surface area (Å²) in [7, 11) is 0. The lowest BCUT2D eigenvalue weighted by Gasteiger charge is -2.06. The van der Waals surface area contributed by atoms with Gasteiger partial charge in [-0.15, -0.1) is 0 Å². The molecule has 140 valence electrons. The van der Waals surface area contributed by atoms with E-state index in [4.69, 9.17) is 14.3 Å². The predicted molar refractivity (Wildman–Crippen MR) is 104 cm³/mol. The van der Waals surface area contributed by atoms with E-state index in [9.17, 15) is 9.59 Å². The van der Waals surface area contributed by atoms with Crippen LogP contribution in [0.4, 0.5) is 0 Å². The number of benzene rings is 2. The van der Waals surface area contributed by atoms with Gasteiger partial charge in [0.25, 0.3) is 5.91 Å². The van der Waals surface area contributed by atoms with E-state index >= 15 is 0 Å². The van der Waals surface area contributed by atoms with Gasteiger partial charge in [-0.2, -0.15) is 0 Å². The summed E-state index contributed by atoms with van der Waals surface area (Å²) in [6.07, 6.45) is 0. The lowest BCUT2D eigenvalue weighted by atomic mass is 10.1. The first-order chi connectivity index (χ1) is 13.1. The number of hydrogen-bond acceptors (Lipinski definition) is 4. The molecule has 0 atom stereocenters. The molecule has 1 amide bonds. The third kappa shape index (κ3) is 4.56. The second-order valence-corrected chi connectivity index (χ2v) is 6.41. The van der Waals surface area contributed by atoms with Crippen LogP contribution in [0.2, 0.25) is 0 Å². The fourth-order valence-corrected chi connectivity index (χ4v) is 3.22. The zero-order valence-electron chi connectivity index (χ0n) is 14.4. The fraction of sp³-hybridized carbons (Fsp3) is 0.200. The summed E-state index contributed by atoms with van der Waals surface area (Å²) in [6, 6.07) is 14.0. The van der Waals surface area contributed by atoms with Crippen LogP contribution in [-0.4, -0.2) is 30.1 Å². The number of fused-ring (bicyclic) bond motifs is 1. The number of para-hydroxylation sites is 1. The summed E-state index contributed by atoms with van der Waals surface area (Å²) in [6.45, 7) is 1.01. The first-order valence-electron chi connectivity index (χ1n) is 8.34. The van der Waals surface area contributed by atoms with Crippen molar-refractivity contribution in [1.82, 2.24) is 5.32 Å². The van der Waals surface area contributed by atoms with Crippen molar-refractivity contribution in [2.24, 2.45) is 0 Å². The Balaban J connectivity index is 1.49. The van der Waals surface area contributed by atoms with Gasteiger partial charge in [-0.25, -0.2) is 4.79 Å². The molecular formula is C20H18BrNO5. The Labute approximate surface area is 164 Å². The van der Waals surface area contributed by atoms with Gasteiger partial charge in [0, 0.05) is 22.8 Å². The number of halogens is 1. The van der Waals surface area contributed by atoms with Crippen LogP contribution in [0.1, 0.15) is 32.0 Å². The van der Waals surface area contributed by atoms with Gasteiger partial charge in [-0.3, -0.25) is 4.79 Å². The minimum absolute atomic E-state index is 0.236. The number of carbonyl (C=O) groups excluding carboxylic acids is 1. The fourth-order valence-electron chi connectivity index (χ4n) is 2.67. The van der Waals surface area contributed by atoms with Crippen molar-refractivity contribution in [2.75, 3.05) is 13.2 Å². The van der Waals surface area contributed by atoms with Crippen LogP contribution in [-0.2, 0) is 16.7 Å². The highest BCUT2D eigenvalue weighted by atomic mass is 79.9. The second-order valence-electron chi connectivity index (χ2n) is 5.85. The number of ether oxygens (including phenoxy) is 1. The molecule has 0 aliphatic rings. The number of aromatic carboxylic acids is 1. The number of nitrogens with one attached hydrogen (secondary N) is 1. The number of carboxylic acids is 1. The van der Waals surface area contributed by atoms with Gasteiger partial charge < -0.3 is 19.6 Å². The van der Waals surface area contributed by atoms with Crippen LogP contribution in [0.5, 0.6) is 0 Å². The number of hydrogen-bond donors (Lipinski definition) is 2. The van der Waals surface area contributed by atoms with Crippen LogP contribution < -0.4 is 5.32 Å². The van der Waals surface area contributed by atoms with Crippen LogP contribution in [0.3, 0.4) is 0 Å². The van der Waals surface area contributed by atoms with Crippen molar-refractivity contribution in [3.8, 4) is 0 Å². The summed E-state index contributed by atoms with van der Waals surface area (Å²) >= 11 is 3.41. The number of carboxylic acid groups (broad SMARTS) is 1. The van der Waals surface area contributed by atoms with Gasteiger partial charge in [-0.05, 0) is 23.8 Å². The second kappa shape index (κ2) is 8.83. The molecule has 0 saturated heterocycles. The molecule has 1 aromatic heterocycles. The van der Waals surface area contributed by atoms with Gasteiger partial charge in [0.15, 0.2) is 5.76 Å². The minimum Gasteiger partial charge on any atom is -0.478 e. The van der Waals surface area contributed by atoms with E-state index in [1.807, 2.05) is 24.3 Å². The molecule has 2 N–H and O–H groups in total. The molecule has 0 bridgehead atoms. The number of carbonyl (C=O) groups is 2. The first-order valence-corrected chi connectivity index (χ1v) is 9.47. The molecule has 3 aromatic rings. The van der Waals surface area contributed by atoms with E-state index in [0.717, 1.165) is 16.5 Å². The zero-order valence-corrected chi connectivity index (χ0v) is 16.0. The Bertz CT molecular complexity index is 949. The van der Waals surface area contributed by atoms with Gasteiger partial charge in [0.1, 0.15) is 5.58 Å². The maximum atomic E-state index is 12.4. The molecule has 6 nitrogen and oxygen atoms in total. The summed E-state index contributed by atoms with van der Waals surface area (Å²) < 4.78 is 11.2. The van der Waals surface area contributed by atoms with Crippen LogP contribution in [0, 0.1) is 0 Å². The van der Waals surface area contributed by atoms with E-state index in [1.54, 1.807) is 12.1 Å².